The van der Waals surface area contributed by atoms with Crippen LogP contribution in [0.2, 0.25) is 0 Å². The average molecular weight is 574 g/mol. The van der Waals surface area contributed by atoms with Crippen LogP contribution in [0.4, 0.5) is 11.4 Å². The molecule has 1 aliphatic heterocycles. The summed E-state index contributed by atoms with van der Waals surface area (Å²) in [7, 11) is -4.93. The van der Waals surface area contributed by atoms with E-state index in [1.54, 1.807) is 24.3 Å². The highest BCUT2D eigenvalue weighted by Gasteiger charge is 2.29. The molecule has 1 aliphatic rings. The van der Waals surface area contributed by atoms with Gasteiger partial charge in [0.25, 0.3) is 10.0 Å². The summed E-state index contributed by atoms with van der Waals surface area (Å²) >= 11 is 0. The predicted octanol–water partition coefficient (Wildman–Crippen LogP) is 3.63. The Balaban J connectivity index is 1.58. The largest absolute Gasteiger partial charge is 0.493 e. The Morgan fingerprint density at radius 3 is 2.03 bits per heavy atom. The number of aryl methyl sites for hydroxylation is 1. The van der Waals surface area contributed by atoms with E-state index in [4.69, 9.17) is 9.47 Å². The molecule has 0 spiro atoms. The van der Waals surface area contributed by atoms with Crippen LogP contribution < -0.4 is 19.1 Å². The lowest BCUT2D eigenvalue weighted by Gasteiger charge is -2.24. The minimum atomic E-state index is -4.20. The summed E-state index contributed by atoms with van der Waals surface area (Å²) in [5, 5.41) is 2.67. The topological polar surface area (TPSA) is 122 Å². The fraction of sp³-hybridized carbons (Fsp3) is 0.296. The van der Waals surface area contributed by atoms with Crippen LogP contribution in [-0.2, 0) is 24.8 Å². The maximum atomic E-state index is 13.7. The van der Waals surface area contributed by atoms with E-state index < -0.39 is 32.5 Å². The van der Waals surface area contributed by atoms with E-state index in [0.717, 1.165) is 22.7 Å². The molecule has 1 fully saturated rings. The molecule has 0 aliphatic carbocycles. The summed E-state index contributed by atoms with van der Waals surface area (Å²) in [6.45, 7) is 2.33. The minimum Gasteiger partial charge on any atom is -0.493 e. The van der Waals surface area contributed by atoms with E-state index in [0.29, 0.717) is 30.2 Å². The molecule has 0 atom stereocenters. The summed E-state index contributed by atoms with van der Waals surface area (Å²) in [6.07, 6.45) is 1.66. The maximum Gasteiger partial charge on any atom is 0.264 e. The molecule has 0 aromatic heterocycles. The lowest BCUT2D eigenvalue weighted by Crippen LogP contribution is -2.38. The molecule has 0 unspecified atom stereocenters. The molecule has 3 aromatic rings. The molecular weight excluding hydrogens is 542 g/mol. The molecule has 208 valence electrons. The van der Waals surface area contributed by atoms with Crippen molar-refractivity contribution in [2.75, 3.05) is 43.5 Å². The summed E-state index contributed by atoms with van der Waals surface area (Å²) in [4.78, 5) is 13.1. The van der Waals surface area contributed by atoms with Crippen LogP contribution in [0.15, 0.2) is 76.5 Å². The lowest BCUT2D eigenvalue weighted by molar-refractivity contribution is -0.114. The Morgan fingerprint density at radius 2 is 1.44 bits per heavy atom. The van der Waals surface area contributed by atoms with E-state index in [1.807, 2.05) is 6.92 Å². The Morgan fingerprint density at radius 1 is 0.846 bits per heavy atom. The molecule has 39 heavy (non-hydrogen) atoms. The van der Waals surface area contributed by atoms with Crippen molar-refractivity contribution in [3.63, 3.8) is 0 Å². The van der Waals surface area contributed by atoms with Crippen LogP contribution in [0.1, 0.15) is 18.4 Å². The number of benzene rings is 3. The molecule has 10 nitrogen and oxygen atoms in total. The van der Waals surface area contributed by atoms with Gasteiger partial charge in [-0.2, -0.15) is 4.31 Å². The fourth-order valence-corrected chi connectivity index (χ4v) is 7.20. The second-order valence-corrected chi connectivity index (χ2v) is 12.8. The first-order valence-corrected chi connectivity index (χ1v) is 15.2. The van der Waals surface area contributed by atoms with Crippen molar-refractivity contribution < 1.29 is 31.1 Å². The third-order valence-corrected chi connectivity index (χ3v) is 10.1. The van der Waals surface area contributed by atoms with Gasteiger partial charge in [-0.05, 0) is 68.3 Å². The number of amides is 1. The third kappa shape index (κ3) is 6.18. The number of hydrogen-bond acceptors (Lipinski definition) is 7. The lowest BCUT2D eigenvalue weighted by atomic mass is 10.2. The van der Waals surface area contributed by atoms with Gasteiger partial charge >= 0.3 is 0 Å². The number of hydrogen-bond donors (Lipinski definition) is 1. The van der Waals surface area contributed by atoms with Crippen molar-refractivity contribution in [3.8, 4) is 11.5 Å². The van der Waals surface area contributed by atoms with E-state index >= 15 is 0 Å². The Bertz CT molecular complexity index is 1530. The SMILES string of the molecule is COc1ccc(S(=O)(=O)N(CC(=O)Nc2ccc(S(=O)(=O)N3CCCC3)cc2)c2ccc(C)cc2)cc1OC. The molecular formula is C27H31N3O7S2. The fourth-order valence-electron chi connectivity index (χ4n) is 4.25. The number of ether oxygens (including phenoxy) is 2. The molecule has 1 heterocycles. The predicted molar refractivity (Wildman–Crippen MR) is 148 cm³/mol. The normalized spacial score (nSPS) is 14.1. The molecule has 0 bridgehead atoms. The van der Waals surface area contributed by atoms with Crippen molar-refractivity contribution in [3.05, 3.63) is 72.3 Å². The van der Waals surface area contributed by atoms with Crippen LogP contribution in [0, 0.1) is 6.92 Å². The Labute approximate surface area is 229 Å². The van der Waals surface area contributed by atoms with Crippen LogP contribution in [0.25, 0.3) is 0 Å². The monoisotopic (exact) mass is 573 g/mol. The van der Waals surface area contributed by atoms with Gasteiger partial charge in [0.2, 0.25) is 15.9 Å². The van der Waals surface area contributed by atoms with E-state index in [-0.39, 0.29) is 15.5 Å². The maximum absolute atomic E-state index is 13.7. The van der Waals surface area contributed by atoms with Gasteiger partial charge in [-0.15, -0.1) is 0 Å². The van der Waals surface area contributed by atoms with Gasteiger partial charge in [0.15, 0.2) is 11.5 Å². The second kappa shape index (κ2) is 11.6. The van der Waals surface area contributed by atoms with Gasteiger partial charge < -0.3 is 14.8 Å². The highest BCUT2D eigenvalue weighted by Crippen LogP contribution is 2.32. The van der Waals surface area contributed by atoms with Crippen LogP contribution in [-0.4, -0.2) is 60.9 Å². The van der Waals surface area contributed by atoms with Gasteiger partial charge in [-0.25, -0.2) is 16.8 Å². The number of rotatable bonds is 10. The van der Waals surface area contributed by atoms with Gasteiger partial charge in [0.05, 0.1) is 29.7 Å². The zero-order valence-electron chi connectivity index (χ0n) is 22.0. The number of methoxy groups -OCH3 is 2. The van der Waals surface area contributed by atoms with Crippen molar-refractivity contribution >= 4 is 37.3 Å². The zero-order valence-corrected chi connectivity index (χ0v) is 23.6. The zero-order chi connectivity index (χ0) is 28.2. The Hall–Kier alpha value is -3.61. The molecule has 4 rings (SSSR count). The molecule has 0 radical (unpaired) electrons. The first kappa shape index (κ1) is 28.4. The quantitative estimate of drug-likeness (QED) is 0.393. The summed E-state index contributed by atoms with van der Waals surface area (Å²) in [6, 6.07) is 16.8. The molecule has 1 amide bonds. The van der Waals surface area contributed by atoms with Gasteiger partial charge in [0.1, 0.15) is 6.54 Å². The van der Waals surface area contributed by atoms with E-state index in [2.05, 4.69) is 5.32 Å². The smallest absolute Gasteiger partial charge is 0.264 e. The summed E-state index contributed by atoms with van der Waals surface area (Å²) < 4.78 is 65.9. The molecule has 12 heteroatoms. The highest BCUT2D eigenvalue weighted by atomic mass is 32.2. The van der Waals surface area contributed by atoms with Gasteiger partial charge in [0, 0.05) is 24.8 Å². The number of sulfonamides is 2. The van der Waals surface area contributed by atoms with E-state index in [9.17, 15) is 21.6 Å². The highest BCUT2D eigenvalue weighted by molar-refractivity contribution is 7.92. The number of carbonyl (C=O) groups is 1. The van der Waals surface area contributed by atoms with Crippen LogP contribution >= 0.6 is 0 Å². The van der Waals surface area contributed by atoms with E-state index in [1.165, 1.54) is 61.0 Å². The minimum absolute atomic E-state index is 0.0787. The molecule has 3 aromatic carbocycles. The third-order valence-electron chi connectivity index (χ3n) is 6.39. The van der Waals surface area contributed by atoms with Crippen molar-refractivity contribution in [1.29, 1.82) is 0 Å². The van der Waals surface area contributed by atoms with Crippen molar-refractivity contribution in [1.82, 2.24) is 4.31 Å². The number of nitrogens with one attached hydrogen (secondary N) is 1. The van der Waals surface area contributed by atoms with Gasteiger partial charge in [-0.3, -0.25) is 9.10 Å². The first-order valence-electron chi connectivity index (χ1n) is 12.3. The summed E-state index contributed by atoms with van der Waals surface area (Å²) in [5.74, 6) is -0.00287. The first-order chi connectivity index (χ1) is 18.6. The second-order valence-electron chi connectivity index (χ2n) is 9.05. The standard InChI is InChI=1S/C27H31N3O7S2/c1-20-6-10-22(11-7-20)30(39(34,35)24-14-15-25(36-2)26(18-24)37-3)19-27(31)28-21-8-12-23(13-9-21)38(32,33)29-16-4-5-17-29/h6-15,18H,4-5,16-17,19H2,1-3H3,(H,28,31). The Kier molecular flexibility index (Phi) is 8.48. The number of anilines is 2. The average Bonchev–Trinajstić information content (AvgIpc) is 3.48. The van der Waals surface area contributed by atoms with Crippen LogP contribution in [0.3, 0.4) is 0 Å². The van der Waals surface area contributed by atoms with Crippen LogP contribution in [0.5, 0.6) is 11.5 Å². The number of nitrogens with zero attached hydrogens (tertiary/aromatic N) is 2. The summed E-state index contributed by atoms with van der Waals surface area (Å²) in [5.41, 5.74) is 1.57. The number of carbonyl (C=O) groups excluding carboxylic acids is 1. The van der Waals surface area contributed by atoms with Gasteiger partial charge in [-0.1, -0.05) is 17.7 Å². The molecule has 0 saturated carbocycles. The molecule has 1 N–H and O–H groups in total. The van der Waals surface area contributed by atoms with Crippen molar-refractivity contribution in [2.24, 2.45) is 0 Å². The molecule has 1 saturated heterocycles. The van der Waals surface area contributed by atoms with Crippen molar-refractivity contribution in [2.45, 2.75) is 29.6 Å².